The van der Waals surface area contributed by atoms with E-state index in [2.05, 4.69) is 5.92 Å². The minimum Gasteiger partial charge on any atom is -0.493 e. The second-order valence-corrected chi connectivity index (χ2v) is 2.91. The molecule has 1 aromatic carbocycles. The van der Waals surface area contributed by atoms with Crippen LogP contribution < -0.4 is 4.74 Å². The summed E-state index contributed by atoms with van der Waals surface area (Å²) in [6, 6.07) is 6.10. The number of unbranched alkanes of at least 4 members (excludes halogenated alkanes) is 1. The molecule has 0 fully saturated rings. The molecule has 0 aliphatic heterocycles. The molecule has 4 heteroatoms. The third kappa shape index (κ3) is 3.69. The number of benzene rings is 1. The molecule has 0 N–H and O–H groups in total. The number of terminal acetylenes is 1. The smallest absolute Gasteiger partial charge is 0.273 e. The molecule has 0 heterocycles. The van der Waals surface area contributed by atoms with Crippen LogP contribution in [0.25, 0.3) is 0 Å². The van der Waals surface area contributed by atoms with Crippen LogP contribution in [0.4, 0.5) is 5.69 Å². The van der Waals surface area contributed by atoms with Gasteiger partial charge in [-0.1, -0.05) is 6.07 Å². The third-order valence-corrected chi connectivity index (χ3v) is 1.76. The van der Waals surface area contributed by atoms with Gasteiger partial charge in [0.05, 0.1) is 17.6 Å². The standard InChI is InChI=1S/C11H11NO3/c1-2-3-4-8-15-11-7-5-6-10(9-11)12(13)14/h1,5-7,9H,3-4,8H2. The van der Waals surface area contributed by atoms with Crippen molar-refractivity contribution < 1.29 is 9.66 Å². The van der Waals surface area contributed by atoms with E-state index in [1.165, 1.54) is 12.1 Å². The van der Waals surface area contributed by atoms with Gasteiger partial charge in [-0.15, -0.1) is 12.3 Å². The van der Waals surface area contributed by atoms with E-state index >= 15 is 0 Å². The van der Waals surface area contributed by atoms with Crippen molar-refractivity contribution in [3.63, 3.8) is 0 Å². The van der Waals surface area contributed by atoms with Crippen LogP contribution in [0.3, 0.4) is 0 Å². The van der Waals surface area contributed by atoms with Gasteiger partial charge in [0.15, 0.2) is 0 Å². The van der Waals surface area contributed by atoms with Crippen LogP contribution in [-0.2, 0) is 0 Å². The summed E-state index contributed by atoms with van der Waals surface area (Å²) < 4.78 is 5.30. The highest BCUT2D eigenvalue weighted by Crippen LogP contribution is 2.19. The number of non-ortho nitro benzene ring substituents is 1. The molecule has 0 bridgehead atoms. The number of rotatable bonds is 5. The van der Waals surface area contributed by atoms with Crippen LogP contribution in [0.1, 0.15) is 12.8 Å². The zero-order valence-corrected chi connectivity index (χ0v) is 8.18. The Hall–Kier alpha value is -2.02. The number of hydrogen-bond acceptors (Lipinski definition) is 3. The summed E-state index contributed by atoms with van der Waals surface area (Å²) in [5.74, 6) is 3.00. The fourth-order valence-corrected chi connectivity index (χ4v) is 1.05. The summed E-state index contributed by atoms with van der Waals surface area (Å²) in [7, 11) is 0. The fourth-order valence-electron chi connectivity index (χ4n) is 1.05. The summed E-state index contributed by atoms with van der Waals surface area (Å²) >= 11 is 0. The number of hydrogen-bond donors (Lipinski definition) is 0. The van der Waals surface area contributed by atoms with Gasteiger partial charge in [0.1, 0.15) is 5.75 Å². The number of nitro groups is 1. The molecular weight excluding hydrogens is 194 g/mol. The molecule has 0 aromatic heterocycles. The van der Waals surface area contributed by atoms with Crippen LogP contribution >= 0.6 is 0 Å². The highest BCUT2D eigenvalue weighted by atomic mass is 16.6. The van der Waals surface area contributed by atoms with Gasteiger partial charge in [0.25, 0.3) is 5.69 Å². The van der Waals surface area contributed by atoms with Gasteiger partial charge in [-0.05, 0) is 12.5 Å². The largest absolute Gasteiger partial charge is 0.493 e. The van der Waals surface area contributed by atoms with Crippen LogP contribution in [-0.4, -0.2) is 11.5 Å². The minimum absolute atomic E-state index is 0.0319. The van der Waals surface area contributed by atoms with E-state index in [1.54, 1.807) is 12.1 Å². The first-order valence-electron chi connectivity index (χ1n) is 4.55. The normalized spacial score (nSPS) is 9.27. The van der Waals surface area contributed by atoms with Crippen LogP contribution in [0.15, 0.2) is 24.3 Å². The second kappa shape index (κ2) is 5.66. The minimum atomic E-state index is -0.450. The van der Waals surface area contributed by atoms with E-state index < -0.39 is 4.92 Å². The zero-order chi connectivity index (χ0) is 11.1. The van der Waals surface area contributed by atoms with Crippen molar-refractivity contribution in [3.8, 4) is 18.1 Å². The molecule has 78 valence electrons. The molecule has 15 heavy (non-hydrogen) atoms. The lowest BCUT2D eigenvalue weighted by molar-refractivity contribution is -0.384. The van der Waals surface area contributed by atoms with E-state index in [0.29, 0.717) is 18.8 Å². The van der Waals surface area contributed by atoms with Crippen molar-refractivity contribution in [3.05, 3.63) is 34.4 Å². The molecule has 0 spiro atoms. The van der Waals surface area contributed by atoms with E-state index in [0.717, 1.165) is 6.42 Å². The summed E-state index contributed by atoms with van der Waals surface area (Å²) in [5, 5.41) is 10.5. The lowest BCUT2D eigenvalue weighted by Crippen LogP contribution is -1.97. The average molecular weight is 205 g/mol. The summed E-state index contributed by atoms with van der Waals surface area (Å²) in [4.78, 5) is 10.0. The maximum absolute atomic E-state index is 10.5. The molecule has 0 saturated carbocycles. The van der Waals surface area contributed by atoms with Gasteiger partial charge in [-0.2, -0.15) is 0 Å². The van der Waals surface area contributed by atoms with Crippen molar-refractivity contribution in [2.75, 3.05) is 6.61 Å². The Morgan fingerprint density at radius 1 is 1.53 bits per heavy atom. The Balaban J connectivity index is 2.51. The Labute approximate surface area is 88.0 Å². The zero-order valence-electron chi connectivity index (χ0n) is 8.18. The van der Waals surface area contributed by atoms with E-state index in [-0.39, 0.29) is 5.69 Å². The van der Waals surface area contributed by atoms with Gasteiger partial charge >= 0.3 is 0 Å². The molecular formula is C11H11NO3. The second-order valence-electron chi connectivity index (χ2n) is 2.91. The number of ether oxygens (including phenoxy) is 1. The van der Waals surface area contributed by atoms with E-state index in [9.17, 15) is 10.1 Å². The van der Waals surface area contributed by atoms with Crippen molar-refractivity contribution in [1.82, 2.24) is 0 Å². The first-order chi connectivity index (χ1) is 7.24. The van der Waals surface area contributed by atoms with Gasteiger partial charge in [0.2, 0.25) is 0 Å². The van der Waals surface area contributed by atoms with Crippen LogP contribution in [0.2, 0.25) is 0 Å². The highest BCUT2D eigenvalue weighted by Gasteiger charge is 2.05. The predicted octanol–water partition coefficient (Wildman–Crippen LogP) is 2.39. The Bertz CT molecular complexity index is 382. The number of nitro benzene ring substituents is 1. The SMILES string of the molecule is C#CCCCOc1cccc([N+](=O)[O-])c1. The molecule has 0 unspecified atom stereocenters. The van der Waals surface area contributed by atoms with Crippen LogP contribution in [0.5, 0.6) is 5.75 Å². The Kier molecular flexibility index (Phi) is 4.17. The van der Waals surface area contributed by atoms with Gasteiger partial charge in [-0.3, -0.25) is 10.1 Å². The Morgan fingerprint density at radius 2 is 2.33 bits per heavy atom. The Morgan fingerprint density at radius 3 is 3.00 bits per heavy atom. The fraction of sp³-hybridized carbons (Fsp3) is 0.273. The predicted molar refractivity (Wildman–Crippen MR) is 56.7 cm³/mol. The summed E-state index contributed by atoms with van der Waals surface area (Å²) in [6.45, 7) is 0.478. The van der Waals surface area contributed by atoms with Crippen molar-refractivity contribution in [1.29, 1.82) is 0 Å². The van der Waals surface area contributed by atoms with Gasteiger partial charge in [-0.25, -0.2) is 0 Å². The summed E-state index contributed by atoms with van der Waals surface area (Å²) in [6.07, 6.45) is 6.47. The van der Waals surface area contributed by atoms with Crippen molar-refractivity contribution >= 4 is 5.69 Å². The maximum atomic E-state index is 10.5. The molecule has 1 rings (SSSR count). The molecule has 4 nitrogen and oxygen atoms in total. The molecule has 1 aromatic rings. The van der Waals surface area contributed by atoms with E-state index in [4.69, 9.17) is 11.2 Å². The lowest BCUT2D eigenvalue weighted by atomic mass is 10.3. The lowest BCUT2D eigenvalue weighted by Gasteiger charge is -2.03. The molecule has 0 amide bonds. The first kappa shape index (κ1) is 11.1. The highest BCUT2D eigenvalue weighted by molar-refractivity contribution is 5.37. The topological polar surface area (TPSA) is 52.4 Å². The van der Waals surface area contributed by atoms with Gasteiger partial charge < -0.3 is 4.74 Å². The molecule has 0 radical (unpaired) electrons. The van der Waals surface area contributed by atoms with Gasteiger partial charge in [0, 0.05) is 12.5 Å². The molecule has 0 aliphatic rings. The van der Waals surface area contributed by atoms with Crippen molar-refractivity contribution in [2.24, 2.45) is 0 Å². The monoisotopic (exact) mass is 205 g/mol. The maximum Gasteiger partial charge on any atom is 0.273 e. The van der Waals surface area contributed by atoms with Crippen LogP contribution in [0, 0.1) is 22.5 Å². The number of nitrogens with zero attached hydrogens (tertiary/aromatic N) is 1. The first-order valence-corrected chi connectivity index (χ1v) is 4.55. The summed E-state index contributed by atoms with van der Waals surface area (Å²) in [5.41, 5.74) is 0.0319. The molecule has 0 atom stereocenters. The quantitative estimate of drug-likeness (QED) is 0.321. The molecule has 0 aliphatic carbocycles. The third-order valence-electron chi connectivity index (χ3n) is 1.76. The molecule has 0 saturated heterocycles. The average Bonchev–Trinajstić information content (AvgIpc) is 2.25. The van der Waals surface area contributed by atoms with E-state index in [1.807, 2.05) is 0 Å². The van der Waals surface area contributed by atoms with Crippen molar-refractivity contribution in [2.45, 2.75) is 12.8 Å².